The number of halogens is 3. The lowest BCUT2D eigenvalue weighted by Gasteiger charge is -2.14. The minimum atomic E-state index is -4.74. The Hall–Kier alpha value is -1.70. The number of hydrogen-bond acceptors (Lipinski definition) is 2. The van der Waals surface area contributed by atoms with Gasteiger partial charge in [0.15, 0.2) is 0 Å². The lowest BCUT2D eigenvalue weighted by molar-refractivity contribution is -0.274. The molecule has 2 nitrogen and oxygen atoms in total. The van der Waals surface area contributed by atoms with Crippen LogP contribution in [0.2, 0.25) is 0 Å². The van der Waals surface area contributed by atoms with Crippen LogP contribution in [0.4, 0.5) is 13.2 Å². The molecule has 0 aromatic heterocycles. The van der Waals surface area contributed by atoms with E-state index in [1.54, 1.807) is 6.07 Å². The summed E-state index contributed by atoms with van der Waals surface area (Å²) in [6.07, 6.45) is -4.27. The second kappa shape index (κ2) is 5.09. The van der Waals surface area contributed by atoms with Crippen molar-refractivity contribution in [1.82, 2.24) is 0 Å². The molecular weight excluding hydrogens is 231 g/mol. The molecule has 1 aromatic rings. The number of nitrogens with zero attached hydrogens (tertiary/aromatic N) is 1. The van der Waals surface area contributed by atoms with E-state index in [1.165, 1.54) is 12.1 Å². The molecule has 0 N–H and O–H groups in total. The molecule has 0 radical (unpaired) electrons. The summed E-state index contributed by atoms with van der Waals surface area (Å²) in [6.45, 7) is 3.80. The fourth-order valence-electron chi connectivity index (χ4n) is 1.45. The van der Waals surface area contributed by atoms with Crippen LogP contribution in [-0.2, 0) is 6.42 Å². The van der Waals surface area contributed by atoms with E-state index in [2.05, 4.69) is 4.74 Å². The molecule has 0 heterocycles. The smallest absolute Gasteiger partial charge is 0.405 e. The number of alkyl halides is 3. The number of nitriles is 1. The van der Waals surface area contributed by atoms with Gasteiger partial charge in [0.2, 0.25) is 0 Å². The van der Waals surface area contributed by atoms with E-state index >= 15 is 0 Å². The van der Waals surface area contributed by atoms with Crippen molar-refractivity contribution >= 4 is 0 Å². The highest BCUT2D eigenvalue weighted by Gasteiger charge is 2.32. The van der Waals surface area contributed by atoms with Gasteiger partial charge in [0, 0.05) is 0 Å². The second-order valence-electron chi connectivity index (χ2n) is 4.08. The molecular formula is C12H12F3NO. The molecule has 0 unspecified atom stereocenters. The average molecular weight is 243 g/mol. The normalized spacial score (nSPS) is 11.4. The molecule has 0 aliphatic rings. The van der Waals surface area contributed by atoms with Crippen LogP contribution in [0.25, 0.3) is 0 Å². The molecule has 0 aliphatic heterocycles. The van der Waals surface area contributed by atoms with Crippen molar-refractivity contribution in [1.29, 1.82) is 5.26 Å². The van der Waals surface area contributed by atoms with Gasteiger partial charge < -0.3 is 4.74 Å². The van der Waals surface area contributed by atoms with Gasteiger partial charge in [-0.3, -0.25) is 0 Å². The quantitative estimate of drug-likeness (QED) is 0.811. The van der Waals surface area contributed by atoms with Crippen LogP contribution in [0, 0.1) is 17.2 Å². The first kappa shape index (κ1) is 13.4. The minimum absolute atomic E-state index is 0.150. The van der Waals surface area contributed by atoms with Crippen molar-refractivity contribution in [3.8, 4) is 11.8 Å². The Morgan fingerprint density at radius 2 is 2.00 bits per heavy atom. The van der Waals surface area contributed by atoms with Crippen molar-refractivity contribution in [2.24, 2.45) is 5.92 Å². The third kappa shape index (κ3) is 4.35. The topological polar surface area (TPSA) is 33.0 Å². The summed E-state index contributed by atoms with van der Waals surface area (Å²) in [5.74, 6) is -0.0798. The Kier molecular flexibility index (Phi) is 4.00. The Labute approximate surface area is 97.6 Å². The second-order valence-corrected chi connectivity index (χ2v) is 4.08. The lowest BCUT2D eigenvalue weighted by atomic mass is 10.0. The van der Waals surface area contributed by atoms with E-state index < -0.39 is 6.36 Å². The summed E-state index contributed by atoms with van der Waals surface area (Å²) < 4.78 is 40.5. The predicted molar refractivity (Wildman–Crippen MR) is 56.4 cm³/mol. The number of benzene rings is 1. The lowest BCUT2D eigenvalue weighted by Crippen LogP contribution is -2.18. The molecule has 92 valence electrons. The monoisotopic (exact) mass is 243 g/mol. The summed E-state index contributed by atoms with van der Waals surface area (Å²) in [7, 11) is 0. The molecule has 0 fully saturated rings. The zero-order chi connectivity index (χ0) is 13.1. The fourth-order valence-corrected chi connectivity index (χ4v) is 1.45. The van der Waals surface area contributed by atoms with Gasteiger partial charge in [0.1, 0.15) is 5.75 Å². The van der Waals surface area contributed by atoms with Crippen LogP contribution in [0.15, 0.2) is 18.2 Å². The van der Waals surface area contributed by atoms with Gasteiger partial charge in [0.25, 0.3) is 0 Å². The summed E-state index contributed by atoms with van der Waals surface area (Å²) in [5, 5.41) is 8.65. The molecule has 0 amide bonds. The van der Waals surface area contributed by atoms with Crippen molar-refractivity contribution in [2.45, 2.75) is 26.6 Å². The van der Waals surface area contributed by atoms with Crippen LogP contribution >= 0.6 is 0 Å². The maximum absolute atomic E-state index is 12.2. The highest BCUT2D eigenvalue weighted by atomic mass is 19.4. The molecule has 17 heavy (non-hydrogen) atoms. The molecule has 0 bridgehead atoms. The van der Waals surface area contributed by atoms with Gasteiger partial charge in [-0.2, -0.15) is 5.26 Å². The average Bonchev–Trinajstić information content (AvgIpc) is 2.17. The molecule has 0 atom stereocenters. The summed E-state index contributed by atoms with van der Waals surface area (Å²) in [5.41, 5.74) is 0.605. The molecule has 1 aromatic carbocycles. The Balaban J connectivity index is 3.08. The predicted octanol–water partition coefficient (Wildman–Crippen LogP) is 3.66. The van der Waals surface area contributed by atoms with E-state index in [0.717, 1.165) is 6.07 Å². The van der Waals surface area contributed by atoms with Crippen LogP contribution in [0.1, 0.15) is 25.0 Å². The first-order chi connectivity index (χ1) is 7.81. The highest BCUT2D eigenvalue weighted by Crippen LogP contribution is 2.29. The first-order valence-electron chi connectivity index (χ1n) is 5.10. The molecule has 0 saturated heterocycles. The summed E-state index contributed by atoms with van der Waals surface area (Å²) in [6, 6.07) is 5.89. The van der Waals surface area contributed by atoms with Gasteiger partial charge in [-0.25, -0.2) is 0 Å². The van der Waals surface area contributed by atoms with Crippen molar-refractivity contribution in [3.05, 3.63) is 29.3 Å². The maximum Gasteiger partial charge on any atom is 0.573 e. The summed E-state index contributed by atoms with van der Waals surface area (Å²) >= 11 is 0. The zero-order valence-electron chi connectivity index (χ0n) is 9.51. The fraction of sp³-hybridized carbons (Fsp3) is 0.417. The number of rotatable bonds is 3. The van der Waals surface area contributed by atoms with E-state index in [1.807, 2.05) is 13.8 Å². The van der Waals surface area contributed by atoms with E-state index in [0.29, 0.717) is 12.0 Å². The molecule has 1 rings (SSSR count). The zero-order valence-corrected chi connectivity index (χ0v) is 9.51. The first-order valence-corrected chi connectivity index (χ1v) is 5.10. The van der Waals surface area contributed by atoms with Gasteiger partial charge >= 0.3 is 6.36 Å². The van der Waals surface area contributed by atoms with Crippen LogP contribution < -0.4 is 4.74 Å². The molecule has 5 heteroatoms. The van der Waals surface area contributed by atoms with Crippen molar-refractivity contribution < 1.29 is 17.9 Å². The molecule has 0 saturated carbocycles. The Bertz CT molecular complexity index is 432. The van der Waals surface area contributed by atoms with Gasteiger partial charge in [-0.1, -0.05) is 19.9 Å². The summed E-state index contributed by atoms with van der Waals surface area (Å²) in [4.78, 5) is 0. The van der Waals surface area contributed by atoms with Gasteiger partial charge in [-0.05, 0) is 30.0 Å². The number of hydrogen-bond donors (Lipinski definition) is 0. The van der Waals surface area contributed by atoms with Gasteiger partial charge in [-0.15, -0.1) is 13.2 Å². The van der Waals surface area contributed by atoms with E-state index in [9.17, 15) is 13.2 Å². The standard InChI is InChI=1S/C12H12F3NO/c1-8(2)5-10-4-3-9(7-16)6-11(10)17-12(13,14)15/h3-4,6,8H,5H2,1-2H3. The third-order valence-electron chi connectivity index (χ3n) is 2.05. The largest absolute Gasteiger partial charge is 0.573 e. The van der Waals surface area contributed by atoms with Crippen molar-refractivity contribution in [2.75, 3.05) is 0 Å². The third-order valence-corrected chi connectivity index (χ3v) is 2.05. The highest BCUT2D eigenvalue weighted by molar-refractivity contribution is 5.42. The van der Waals surface area contributed by atoms with Crippen LogP contribution in [0.3, 0.4) is 0 Å². The molecule has 0 aliphatic carbocycles. The van der Waals surface area contributed by atoms with E-state index in [-0.39, 0.29) is 17.2 Å². The SMILES string of the molecule is CC(C)Cc1ccc(C#N)cc1OC(F)(F)F. The van der Waals surface area contributed by atoms with E-state index in [4.69, 9.17) is 5.26 Å². The molecule has 0 spiro atoms. The number of ether oxygens (including phenoxy) is 1. The minimum Gasteiger partial charge on any atom is -0.405 e. The van der Waals surface area contributed by atoms with Crippen LogP contribution in [0.5, 0.6) is 5.75 Å². The maximum atomic E-state index is 12.2. The van der Waals surface area contributed by atoms with Crippen molar-refractivity contribution in [3.63, 3.8) is 0 Å². The van der Waals surface area contributed by atoms with Gasteiger partial charge in [0.05, 0.1) is 11.6 Å². The Morgan fingerprint density at radius 1 is 1.35 bits per heavy atom. The Morgan fingerprint density at radius 3 is 2.47 bits per heavy atom. The van der Waals surface area contributed by atoms with Crippen LogP contribution in [-0.4, -0.2) is 6.36 Å².